The Labute approximate surface area is 195 Å². The van der Waals surface area contributed by atoms with E-state index in [1.807, 2.05) is 30.4 Å². The van der Waals surface area contributed by atoms with E-state index in [2.05, 4.69) is 11.7 Å². The van der Waals surface area contributed by atoms with Gasteiger partial charge in [0.25, 0.3) is 0 Å². The van der Waals surface area contributed by atoms with Gasteiger partial charge in [-0.05, 0) is 48.2 Å². The molecule has 0 aliphatic carbocycles. The summed E-state index contributed by atoms with van der Waals surface area (Å²) < 4.78 is 43.6. The summed E-state index contributed by atoms with van der Waals surface area (Å²) in [6.07, 6.45) is 10.5. The van der Waals surface area contributed by atoms with Gasteiger partial charge < -0.3 is 18.4 Å². The molecule has 178 valence electrons. The Bertz CT molecular complexity index is 1100. The number of ether oxygens (including phenoxy) is 3. The quantitative estimate of drug-likeness (QED) is 0.191. The molecule has 8 heteroatoms. The van der Waals surface area contributed by atoms with Crippen LogP contribution in [0.25, 0.3) is 12.2 Å². The van der Waals surface area contributed by atoms with Crippen molar-refractivity contribution in [2.45, 2.75) is 26.2 Å². The monoisotopic (exact) mass is 474 g/mol. The van der Waals surface area contributed by atoms with Crippen molar-refractivity contribution in [1.82, 2.24) is 0 Å². The number of carbonyl (C=O) groups excluding carboxylic acids is 1. The number of unbranched alkanes of at least 4 members (excludes halogenated alkanes) is 1. The number of allylic oxidation sites excluding steroid dienone is 1. The molecule has 0 aromatic heterocycles. The number of carbonyl (C=O) groups is 1. The SMILES string of the molecule is CCCCOc1cc(/C=C/C(=O)OC)ccc1/C=C/Cc1ccc(OS(C)(=O)=O)c(OC)c1. The largest absolute Gasteiger partial charge is 0.493 e. The Morgan fingerprint density at radius 2 is 1.79 bits per heavy atom. The first kappa shape index (κ1) is 26.0. The summed E-state index contributed by atoms with van der Waals surface area (Å²) in [6.45, 7) is 2.70. The molecule has 0 amide bonds. The van der Waals surface area contributed by atoms with E-state index in [9.17, 15) is 13.2 Å². The summed E-state index contributed by atoms with van der Waals surface area (Å²) in [5, 5.41) is 0. The zero-order chi connectivity index (χ0) is 24.3. The molecular weight excluding hydrogens is 444 g/mol. The fourth-order valence-electron chi connectivity index (χ4n) is 2.87. The molecule has 0 atom stereocenters. The summed E-state index contributed by atoms with van der Waals surface area (Å²) in [4.78, 5) is 11.4. The Morgan fingerprint density at radius 1 is 1.00 bits per heavy atom. The predicted octanol–water partition coefficient (Wildman–Crippen LogP) is 4.65. The Balaban J connectivity index is 2.19. The number of methoxy groups -OCH3 is 2. The second-order valence-corrected chi connectivity index (χ2v) is 8.81. The van der Waals surface area contributed by atoms with Crippen molar-refractivity contribution < 1.29 is 31.6 Å². The maximum absolute atomic E-state index is 11.4. The van der Waals surface area contributed by atoms with E-state index in [0.29, 0.717) is 18.8 Å². The Kier molecular flexibility index (Phi) is 10.00. The van der Waals surface area contributed by atoms with Crippen LogP contribution in [0.4, 0.5) is 0 Å². The minimum Gasteiger partial charge on any atom is -0.493 e. The van der Waals surface area contributed by atoms with Gasteiger partial charge in [0.05, 0.1) is 27.1 Å². The lowest BCUT2D eigenvalue weighted by Gasteiger charge is -2.11. The molecule has 7 nitrogen and oxygen atoms in total. The first-order valence-electron chi connectivity index (χ1n) is 10.5. The molecular formula is C25H30O7S. The molecule has 0 heterocycles. The smallest absolute Gasteiger partial charge is 0.330 e. The lowest BCUT2D eigenvalue weighted by atomic mass is 10.1. The van der Waals surface area contributed by atoms with Crippen LogP contribution in [0.3, 0.4) is 0 Å². The fourth-order valence-corrected chi connectivity index (χ4v) is 3.33. The van der Waals surface area contributed by atoms with E-state index in [1.54, 1.807) is 24.3 Å². The molecule has 0 aliphatic rings. The van der Waals surface area contributed by atoms with Crippen LogP contribution in [-0.4, -0.2) is 41.5 Å². The van der Waals surface area contributed by atoms with Crippen LogP contribution in [0.1, 0.15) is 36.5 Å². The second kappa shape index (κ2) is 12.7. The predicted molar refractivity (Wildman–Crippen MR) is 129 cm³/mol. The lowest BCUT2D eigenvalue weighted by Crippen LogP contribution is -2.07. The molecule has 0 unspecified atom stereocenters. The van der Waals surface area contributed by atoms with Crippen molar-refractivity contribution in [1.29, 1.82) is 0 Å². The van der Waals surface area contributed by atoms with Gasteiger partial charge >= 0.3 is 16.1 Å². The lowest BCUT2D eigenvalue weighted by molar-refractivity contribution is -0.134. The molecule has 0 saturated heterocycles. The van der Waals surface area contributed by atoms with Gasteiger partial charge in [-0.3, -0.25) is 0 Å². The van der Waals surface area contributed by atoms with Crippen LogP contribution in [-0.2, 0) is 26.1 Å². The van der Waals surface area contributed by atoms with Gasteiger partial charge in [0, 0.05) is 11.6 Å². The van der Waals surface area contributed by atoms with Crippen LogP contribution in [0.2, 0.25) is 0 Å². The molecule has 0 radical (unpaired) electrons. The van der Waals surface area contributed by atoms with Gasteiger partial charge in [0.1, 0.15) is 5.75 Å². The van der Waals surface area contributed by atoms with Gasteiger partial charge in [-0.25, -0.2) is 4.79 Å². The second-order valence-electron chi connectivity index (χ2n) is 7.23. The number of hydrogen-bond donors (Lipinski definition) is 0. The molecule has 0 aliphatic heterocycles. The molecule has 2 aromatic rings. The Hall–Kier alpha value is -3.26. The van der Waals surface area contributed by atoms with Crippen molar-refractivity contribution in [3.05, 3.63) is 65.2 Å². The standard InChI is InChI=1S/C25H30O7S/c1-5-6-16-31-23-17-20(12-15-25(26)30-3)10-13-21(23)9-7-8-19-11-14-22(24(18-19)29-2)32-33(4,27)28/h7,9-15,17-18H,5-6,8,16H2,1-4H3/b9-7+,15-12+. The third kappa shape index (κ3) is 9.02. The highest BCUT2D eigenvalue weighted by molar-refractivity contribution is 7.86. The number of benzene rings is 2. The number of hydrogen-bond acceptors (Lipinski definition) is 7. The van der Waals surface area contributed by atoms with E-state index in [-0.39, 0.29) is 5.75 Å². The van der Waals surface area contributed by atoms with Crippen molar-refractivity contribution in [2.24, 2.45) is 0 Å². The maximum atomic E-state index is 11.4. The summed E-state index contributed by atoms with van der Waals surface area (Å²) in [7, 11) is -0.849. The topological polar surface area (TPSA) is 88.1 Å². The van der Waals surface area contributed by atoms with Crippen molar-refractivity contribution in [3.8, 4) is 17.2 Å². The third-order valence-corrected chi connectivity index (χ3v) is 5.01. The van der Waals surface area contributed by atoms with Gasteiger partial charge in [-0.15, -0.1) is 0 Å². The molecule has 0 saturated carbocycles. The van der Waals surface area contributed by atoms with Gasteiger partial charge in [0.2, 0.25) is 0 Å². The highest BCUT2D eigenvalue weighted by Crippen LogP contribution is 2.30. The Morgan fingerprint density at radius 3 is 2.45 bits per heavy atom. The minimum absolute atomic E-state index is 0.148. The van der Waals surface area contributed by atoms with E-state index in [0.717, 1.165) is 41.5 Å². The van der Waals surface area contributed by atoms with Gasteiger partial charge in [-0.1, -0.05) is 43.7 Å². The summed E-state index contributed by atoms with van der Waals surface area (Å²) in [6, 6.07) is 10.8. The normalized spacial score (nSPS) is 11.6. The maximum Gasteiger partial charge on any atom is 0.330 e. The van der Waals surface area contributed by atoms with E-state index in [4.69, 9.17) is 13.7 Å². The molecule has 0 N–H and O–H groups in total. The zero-order valence-corrected chi connectivity index (χ0v) is 20.2. The molecule has 0 bridgehead atoms. The zero-order valence-electron chi connectivity index (χ0n) is 19.4. The van der Waals surface area contributed by atoms with Crippen LogP contribution in [0.15, 0.2) is 48.6 Å². The van der Waals surface area contributed by atoms with Gasteiger partial charge in [-0.2, -0.15) is 8.42 Å². The average Bonchev–Trinajstić information content (AvgIpc) is 2.78. The molecule has 2 rings (SSSR count). The van der Waals surface area contributed by atoms with Crippen LogP contribution < -0.4 is 13.7 Å². The molecule has 0 fully saturated rings. The van der Waals surface area contributed by atoms with Crippen LogP contribution in [0.5, 0.6) is 17.2 Å². The summed E-state index contributed by atoms with van der Waals surface area (Å²) >= 11 is 0. The van der Waals surface area contributed by atoms with E-state index >= 15 is 0 Å². The first-order valence-corrected chi connectivity index (χ1v) is 12.3. The summed E-state index contributed by atoms with van der Waals surface area (Å²) in [5.41, 5.74) is 2.66. The first-order chi connectivity index (χ1) is 15.8. The molecule has 33 heavy (non-hydrogen) atoms. The molecule has 0 spiro atoms. The highest BCUT2D eigenvalue weighted by atomic mass is 32.2. The van der Waals surface area contributed by atoms with Crippen molar-refractivity contribution in [2.75, 3.05) is 27.1 Å². The minimum atomic E-state index is -3.64. The summed E-state index contributed by atoms with van der Waals surface area (Å²) in [5.74, 6) is 0.795. The number of rotatable bonds is 12. The van der Waals surface area contributed by atoms with Crippen LogP contribution >= 0.6 is 0 Å². The average molecular weight is 475 g/mol. The van der Waals surface area contributed by atoms with Crippen LogP contribution in [0, 0.1) is 0 Å². The van der Waals surface area contributed by atoms with Gasteiger partial charge in [0.15, 0.2) is 11.5 Å². The van der Waals surface area contributed by atoms with Crippen molar-refractivity contribution in [3.63, 3.8) is 0 Å². The fraction of sp³-hybridized carbons (Fsp3) is 0.320. The highest BCUT2D eigenvalue weighted by Gasteiger charge is 2.11. The third-order valence-electron chi connectivity index (χ3n) is 4.53. The number of esters is 1. The van der Waals surface area contributed by atoms with E-state index < -0.39 is 16.1 Å². The molecule has 2 aromatic carbocycles. The van der Waals surface area contributed by atoms with Crippen molar-refractivity contribution >= 4 is 28.2 Å². The van der Waals surface area contributed by atoms with E-state index in [1.165, 1.54) is 20.3 Å².